The molecule has 0 radical (unpaired) electrons. The Labute approximate surface area is 206 Å². The number of para-hydroxylation sites is 1. The third-order valence-corrected chi connectivity index (χ3v) is 5.95. The van der Waals surface area contributed by atoms with E-state index in [9.17, 15) is 13.2 Å². The van der Waals surface area contributed by atoms with E-state index >= 15 is 0 Å². The Morgan fingerprint density at radius 3 is 2.42 bits per heavy atom. The van der Waals surface area contributed by atoms with Crippen molar-refractivity contribution in [2.45, 2.75) is 12.7 Å². The summed E-state index contributed by atoms with van der Waals surface area (Å²) in [5.41, 5.74) is 2.04. The molecule has 1 aliphatic rings. The van der Waals surface area contributed by atoms with Crippen molar-refractivity contribution in [3.63, 3.8) is 0 Å². The van der Waals surface area contributed by atoms with Crippen LogP contribution in [-0.2, 0) is 17.5 Å². The van der Waals surface area contributed by atoms with Gasteiger partial charge in [0.05, 0.1) is 31.6 Å². The Bertz CT molecular complexity index is 1290. The third kappa shape index (κ3) is 5.74. The van der Waals surface area contributed by atoms with Crippen LogP contribution in [-0.4, -0.2) is 63.8 Å². The topological polar surface area (TPSA) is 80.1 Å². The number of fused-ring (bicyclic) bond motifs is 1. The number of rotatable bonds is 8. The molecule has 1 saturated heterocycles. The molecule has 0 atom stereocenters. The van der Waals surface area contributed by atoms with Crippen LogP contribution in [0.1, 0.15) is 11.1 Å². The Hall–Kier alpha value is -3.70. The number of alkyl halides is 3. The lowest BCUT2D eigenvalue weighted by Gasteiger charge is -2.26. The van der Waals surface area contributed by atoms with Crippen molar-refractivity contribution in [2.24, 2.45) is 0 Å². The number of halogens is 3. The highest BCUT2D eigenvalue weighted by molar-refractivity contribution is 5.86. The van der Waals surface area contributed by atoms with Crippen molar-refractivity contribution in [3.8, 4) is 0 Å². The van der Waals surface area contributed by atoms with Gasteiger partial charge in [0.1, 0.15) is 0 Å². The summed E-state index contributed by atoms with van der Waals surface area (Å²) in [5, 5.41) is 6.61. The average molecular weight is 498 g/mol. The third-order valence-electron chi connectivity index (χ3n) is 5.95. The van der Waals surface area contributed by atoms with Crippen molar-refractivity contribution in [3.05, 3.63) is 72.1 Å². The molecule has 2 aromatic heterocycles. The van der Waals surface area contributed by atoms with Crippen molar-refractivity contribution >= 4 is 28.6 Å². The Balaban J connectivity index is 1.40. The second-order valence-corrected chi connectivity index (χ2v) is 8.51. The van der Waals surface area contributed by atoms with Gasteiger partial charge >= 0.3 is 6.18 Å². The molecule has 0 amide bonds. The summed E-state index contributed by atoms with van der Waals surface area (Å²) >= 11 is 0. The largest absolute Gasteiger partial charge is 0.416 e. The molecule has 0 bridgehead atoms. The van der Waals surface area contributed by atoms with Crippen LogP contribution in [0.2, 0.25) is 0 Å². The molecule has 8 nitrogen and oxygen atoms in total. The molecule has 36 heavy (non-hydrogen) atoms. The smallest absolute Gasteiger partial charge is 0.379 e. The van der Waals surface area contributed by atoms with E-state index in [0.717, 1.165) is 50.7 Å². The second kappa shape index (κ2) is 10.5. The molecular weight excluding hydrogens is 471 g/mol. The normalized spacial score (nSPS) is 14.8. The Kier molecular flexibility index (Phi) is 7.01. The Morgan fingerprint density at radius 1 is 0.944 bits per heavy atom. The van der Waals surface area contributed by atoms with E-state index in [1.165, 1.54) is 12.1 Å². The lowest BCUT2D eigenvalue weighted by molar-refractivity contribution is -0.137. The summed E-state index contributed by atoms with van der Waals surface area (Å²) in [4.78, 5) is 16.2. The van der Waals surface area contributed by atoms with E-state index < -0.39 is 11.7 Å². The fourth-order valence-corrected chi connectivity index (χ4v) is 4.03. The first-order valence-corrected chi connectivity index (χ1v) is 11.7. The van der Waals surface area contributed by atoms with Gasteiger partial charge in [0.2, 0.25) is 5.95 Å². The molecule has 2 aromatic carbocycles. The van der Waals surface area contributed by atoms with E-state index in [4.69, 9.17) is 4.74 Å². The highest BCUT2D eigenvalue weighted by atomic mass is 19.4. The summed E-state index contributed by atoms with van der Waals surface area (Å²) in [7, 11) is 0. The van der Waals surface area contributed by atoms with Gasteiger partial charge in [-0.05, 0) is 29.8 Å². The van der Waals surface area contributed by atoms with Crippen molar-refractivity contribution in [1.82, 2.24) is 24.4 Å². The van der Waals surface area contributed by atoms with E-state index in [1.807, 2.05) is 34.9 Å². The number of morpholine rings is 1. The number of hydrogen-bond donors (Lipinski definition) is 2. The van der Waals surface area contributed by atoms with Crippen LogP contribution in [0.15, 0.2) is 60.9 Å². The molecule has 5 rings (SSSR count). The highest BCUT2D eigenvalue weighted by Gasteiger charge is 2.30. The summed E-state index contributed by atoms with van der Waals surface area (Å²) in [6, 6.07) is 14.8. The molecule has 2 N–H and O–H groups in total. The van der Waals surface area contributed by atoms with Gasteiger partial charge in [-0.15, -0.1) is 0 Å². The molecule has 188 valence electrons. The molecule has 0 aliphatic carbocycles. The SMILES string of the molecule is FC(F)(F)c1ccc(Cn2cnc3c(Nc4ccccc4)nc(NCCN4CCOCC4)nc32)cc1. The summed E-state index contributed by atoms with van der Waals surface area (Å²) in [6.45, 7) is 5.06. The van der Waals surface area contributed by atoms with Crippen molar-refractivity contribution in [2.75, 3.05) is 50.0 Å². The van der Waals surface area contributed by atoms with Crippen molar-refractivity contribution in [1.29, 1.82) is 0 Å². The minimum Gasteiger partial charge on any atom is -0.379 e. The molecule has 4 aromatic rings. The lowest BCUT2D eigenvalue weighted by atomic mass is 10.1. The van der Waals surface area contributed by atoms with Crippen LogP contribution in [0.4, 0.5) is 30.6 Å². The molecule has 3 heterocycles. The molecular formula is C25H26F3N7O. The maximum absolute atomic E-state index is 12.9. The predicted octanol–water partition coefficient (Wildman–Crippen LogP) is 4.38. The first kappa shape index (κ1) is 24.0. The first-order chi connectivity index (χ1) is 17.5. The van der Waals surface area contributed by atoms with E-state index in [2.05, 4.69) is 30.5 Å². The van der Waals surface area contributed by atoms with E-state index in [0.29, 0.717) is 41.6 Å². The van der Waals surface area contributed by atoms with Crippen LogP contribution in [0.3, 0.4) is 0 Å². The molecule has 1 aliphatic heterocycles. The number of ether oxygens (including phenoxy) is 1. The van der Waals surface area contributed by atoms with Gasteiger partial charge < -0.3 is 19.9 Å². The molecule has 11 heteroatoms. The average Bonchev–Trinajstić information content (AvgIpc) is 3.28. The van der Waals surface area contributed by atoms with Gasteiger partial charge in [-0.3, -0.25) is 4.90 Å². The molecule has 0 spiro atoms. The van der Waals surface area contributed by atoms with E-state index in [1.54, 1.807) is 6.33 Å². The van der Waals surface area contributed by atoms with Gasteiger partial charge in [0.15, 0.2) is 17.0 Å². The lowest BCUT2D eigenvalue weighted by Crippen LogP contribution is -2.39. The van der Waals surface area contributed by atoms with Gasteiger partial charge in [-0.2, -0.15) is 23.1 Å². The predicted molar refractivity (Wildman–Crippen MR) is 131 cm³/mol. The number of hydrogen-bond acceptors (Lipinski definition) is 7. The number of imidazole rings is 1. The zero-order valence-electron chi connectivity index (χ0n) is 19.5. The van der Waals surface area contributed by atoms with Gasteiger partial charge in [-0.25, -0.2) is 4.98 Å². The molecule has 1 fully saturated rings. The van der Waals surface area contributed by atoms with E-state index in [-0.39, 0.29) is 0 Å². The quantitative estimate of drug-likeness (QED) is 0.374. The summed E-state index contributed by atoms with van der Waals surface area (Å²) in [6.07, 6.45) is -2.74. The van der Waals surface area contributed by atoms with Crippen LogP contribution in [0.5, 0.6) is 0 Å². The van der Waals surface area contributed by atoms with Crippen LogP contribution >= 0.6 is 0 Å². The molecule has 0 saturated carbocycles. The number of nitrogens with zero attached hydrogens (tertiary/aromatic N) is 5. The van der Waals surface area contributed by atoms with Gasteiger partial charge in [0.25, 0.3) is 0 Å². The van der Waals surface area contributed by atoms with Gasteiger partial charge in [-0.1, -0.05) is 30.3 Å². The highest BCUT2D eigenvalue weighted by Crippen LogP contribution is 2.30. The molecule has 0 unspecified atom stereocenters. The number of benzene rings is 2. The zero-order valence-corrected chi connectivity index (χ0v) is 19.5. The number of aromatic nitrogens is 4. The zero-order chi connectivity index (χ0) is 25.0. The number of anilines is 3. The summed E-state index contributed by atoms with van der Waals surface area (Å²) in [5.74, 6) is 0.995. The fraction of sp³-hybridized carbons (Fsp3) is 0.320. The van der Waals surface area contributed by atoms with Gasteiger partial charge in [0, 0.05) is 31.9 Å². The standard InChI is InChI=1S/C25H26F3N7O/c26-25(27,28)19-8-6-18(7-9-19)16-35-17-30-21-22(31-20-4-2-1-3-5-20)32-24(33-23(21)35)29-10-11-34-12-14-36-15-13-34/h1-9,17H,10-16H2,(H2,29,31,32,33). The fourth-order valence-electron chi connectivity index (χ4n) is 4.03. The summed E-state index contributed by atoms with van der Waals surface area (Å²) < 4.78 is 46.0. The Morgan fingerprint density at radius 2 is 1.69 bits per heavy atom. The second-order valence-electron chi connectivity index (χ2n) is 8.51. The maximum atomic E-state index is 12.9. The first-order valence-electron chi connectivity index (χ1n) is 11.7. The minimum atomic E-state index is -4.37. The van der Waals surface area contributed by atoms with Crippen LogP contribution < -0.4 is 10.6 Å². The monoisotopic (exact) mass is 497 g/mol. The van der Waals surface area contributed by atoms with Crippen LogP contribution in [0.25, 0.3) is 11.2 Å². The maximum Gasteiger partial charge on any atom is 0.416 e. The van der Waals surface area contributed by atoms with Crippen molar-refractivity contribution < 1.29 is 17.9 Å². The van der Waals surface area contributed by atoms with Crippen LogP contribution in [0, 0.1) is 0 Å². The minimum absolute atomic E-state index is 0.323. The number of nitrogens with one attached hydrogen (secondary N) is 2.